The summed E-state index contributed by atoms with van der Waals surface area (Å²) in [4.78, 5) is 28.0. The molecule has 3 aromatic rings. The van der Waals surface area contributed by atoms with Crippen molar-refractivity contribution >= 4 is 28.6 Å². The number of carbonyl (C=O) groups is 1. The molecule has 0 aliphatic carbocycles. The number of hydrogen-bond donors (Lipinski definition) is 0. The zero-order valence-corrected chi connectivity index (χ0v) is 17.9. The summed E-state index contributed by atoms with van der Waals surface area (Å²) in [5.41, 5.74) is 5.19. The molecule has 30 heavy (non-hydrogen) atoms. The van der Waals surface area contributed by atoms with E-state index in [1.165, 1.54) is 21.7 Å². The summed E-state index contributed by atoms with van der Waals surface area (Å²) in [6.07, 6.45) is 0. The first-order valence-electron chi connectivity index (χ1n) is 10.1. The Kier molecular flexibility index (Phi) is 5.44. The van der Waals surface area contributed by atoms with Gasteiger partial charge < -0.3 is 14.5 Å². The summed E-state index contributed by atoms with van der Waals surface area (Å²) in [5, 5.41) is 0. The lowest BCUT2D eigenvalue weighted by Gasteiger charge is -2.37. The lowest BCUT2D eigenvalue weighted by Crippen LogP contribution is -2.52. The molecule has 0 bridgehead atoms. The van der Waals surface area contributed by atoms with Gasteiger partial charge in [-0.05, 0) is 49.2 Å². The molecule has 1 fully saturated rings. The molecule has 7 nitrogen and oxygen atoms in total. The predicted molar refractivity (Wildman–Crippen MR) is 120 cm³/mol. The highest BCUT2D eigenvalue weighted by molar-refractivity contribution is 5.93. The molecule has 0 unspecified atom stereocenters. The summed E-state index contributed by atoms with van der Waals surface area (Å²) < 4.78 is 5.42. The average Bonchev–Trinajstić information content (AvgIpc) is 2.76. The van der Waals surface area contributed by atoms with Gasteiger partial charge in [0.05, 0.1) is 18.1 Å². The fraction of sp³-hybridized carbons (Fsp3) is 0.348. The summed E-state index contributed by atoms with van der Waals surface area (Å²) in [6.45, 7) is 7.12. The molecule has 1 saturated heterocycles. The zero-order valence-electron chi connectivity index (χ0n) is 17.9. The molecule has 2 heterocycles. The van der Waals surface area contributed by atoms with Crippen molar-refractivity contribution in [1.82, 2.24) is 14.9 Å². The summed E-state index contributed by atoms with van der Waals surface area (Å²) in [7, 11) is 3.27. The summed E-state index contributed by atoms with van der Waals surface area (Å²) >= 11 is 0. The SMILES string of the molecule is COc1nc2ccccc2nc1N(C)C(=O)N1CCN(c2cc(C)cc(C)c2)CC1. The number of amides is 2. The fourth-order valence-corrected chi connectivity index (χ4v) is 3.92. The molecule has 7 heteroatoms. The highest BCUT2D eigenvalue weighted by atomic mass is 16.5. The number of urea groups is 1. The minimum Gasteiger partial charge on any atom is -0.478 e. The van der Waals surface area contributed by atoms with Gasteiger partial charge in [0.2, 0.25) is 5.82 Å². The van der Waals surface area contributed by atoms with Crippen LogP contribution in [-0.4, -0.2) is 61.2 Å². The van der Waals surface area contributed by atoms with Crippen LogP contribution in [0.25, 0.3) is 11.0 Å². The maximum Gasteiger partial charge on any atom is 0.325 e. The molecule has 2 amide bonds. The van der Waals surface area contributed by atoms with E-state index >= 15 is 0 Å². The van der Waals surface area contributed by atoms with E-state index in [9.17, 15) is 4.79 Å². The Labute approximate surface area is 176 Å². The highest BCUT2D eigenvalue weighted by Crippen LogP contribution is 2.27. The monoisotopic (exact) mass is 405 g/mol. The van der Waals surface area contributed by atoms with E-state index in [0.717, 1.165) is 24.1 Å². The van der Waals surface area contributed by atoms with E-state index in [-0.39, 0.29) is 6.03 Å². The standard InChI is InChI=1S/C23H27N5O2/c1-16-13-17(2)15-18(14-16)27-9-11-28(12-10-27)23(29)26(3)21-22(30-4)25-20-8-6-5-7-19(20)24-21/h5-8,13-15H,9-12H2,1-4H3. The number of nitrogens with zero attached hydrogens (tertiary/aromatic N) is 5. The number of fused-ring (bicyclic) bond motifs is 1. The molecule has 0 N–H and O–H groups in total. The van der Waals surface area contributed by atoms with Crippen molar-refractivity contribution in [2.24, 2.45) is 0 Å². The molecule has 0 saturated carbocycles. The lowest BCUT2D eigenvalue weighted by molar-refractivity contribution is 0.202. The Bertz CT molecular complexity index is 1060. The van der Waals surface area contributed by atoms with Gasteiger partial charge in [0.1, 0.15) is 0 Å². The second kappa shape index (κ2) is 8.18. The van der Waals surface area contributed by atoms with E-state index in [1.807, 2.05) is 29.2 Å². The van der Waals surface area contributed by atoms with E-state index < -0.39 is 0 Å². The third-order valence-electron chi connectivity index (χ3n) is 5.44. The maximum absolute atomic E-state index is 13.2. The molecule has 0 spiro atoms. The van der Waals surface area contributed by atoms with Gasteiger partial charge in [-0.1, -0.05) is 18.2 Å². The van der Waals surface area contributed by atoms with E-state index in [1.54, 1.807) is 14.2 Å². The van der Waals surface area contributed by atoms with Crippen molar-refractivity contribution in [3.63, 3.8) is 0 Å². The van der Waals surface area contributed by atoms with Crippen LogP contribution in [0.4, 0.5) is 16.3 Å². The molecule has 1 aromatic heterocycles. The van der Waals surface area contributed by atoms with Gasteiger partial charge in [0.15, 0.2) is 0 Å². The molecular weight excluding hydrogens is 378 g/mol. The molecule has 2 aromatic carbocycles. The van der Waals surface area contributed by atoms with Crippen LogP contribution in [0.5, 0.6) is 5.88 Å². The van der Waals surface area contributed by atoms with Crippen molar-refractivity contribution in [3.05, 3.63) is 53.6 Å². The van der Waals surface area contributed by atoms with Gasteiger partial charge in [-0.25, -0.2) is 14.8 Å². The first-order chi connectivity index (χ1) is 14.5. The molecule has 1 aliphatic rings. The first kappa shape index (κ1) is 19.9. The molecular formula is C23H27N5O2. The van der Waals surface area contributed by atoms with E-state index in [2.05, 4.69) is 46.9 Å². The van der Waals surface area contributed by atoms with E-state index in [0.29, 0.717) is 24.8 Å². The number of aromatic nitrogens is 2. The zero-order chi connectivity index (χ0) is 21.3. The minimum absolute atomic E-state index is 0.0991. The Morgan fingerprint density at radius 1 is 0.967 bits per heavy atom. The van der Waals surface area contributed by atoms with Gasteiger partial charge in [-0.3, -0.25) is 4.90 Å². The number of carbonyl (C=O) groups excluding carboxylic acids is 1. The van der Waals surface area contributed by atoms with Crippen molar-refractivity contribution in [2.45, 2.75) is 13.8 Å². The number of benzene rings is 2. The third kappa shape index (κ3) is 3.87. The van der Waals surface area contributed by atoms with Gasteiger partial charge in [0.25, 0.3) is 5.88 Å². The van der Waals surface area contributed by atoms with Gasteiger partial charge in [0, 0.05) is 38.9 Å². The topological polar surface area (TPSA) is 61.8 Å². The number of para-hydroxylation sites is 2. The Balaban J connectivity index is 1.49. The number of ether oxygens (including phenoxy) is 1. The molecule has 0 atom stereocenters. The molecule has 1 aliphatic heterocycles. The fourth-order valence-electron chi connectivity index (χ4n) is 3.92. The Morgan fingerprint density at radius 2 is 1.57 bits per heavy atom. The first-order valence-corrected chi connectivity index (χ1v) is 10.1. The molecule has 4 rings (SSSR count). The Hall–Kier alpha value is -3.35. The largest absolute Gasteiger partial charge is 0.478 e. The van der Waals surface area contributed by atoms with Crippen LogP contribution in [0.15, 0.2) is 42.5 Å². The number of hydrogen-bond acceptors (Lipinski definition) is 5. The van der Waals surface area contributed by atoms with Crippen LogP contribution >= 0.6 is 0 Å². The third-order valence-corrected chi connectivity index (χ3v) is 5.44. The van der Waals surface area contributed by atoms with Crippen molar-refractivity contribution in [1.29, 1.82) is 0 Å². The molecule has 0 radical (unpaired) electrons. The summed E-state index contributed by atoms with van der Waals surface area (Å²) in [6, 6.07) is 14.0. The van der Waals surface area contributed by atoms with Crippen LogP contribution in [0.1, 0.15) is 11.1 Å². The highest BCUT2D eigenvalue weighted by Gasteiger charge is 2.27. The van der Waals surface area contributed by atoms with Crippen LogP contribution in [0.2, 0.25) is 0 Å². The van der Waals surface area contributed by atoms with E-state index in [4.69, 9.17) is 4.74 Å². The van der Waals surface area contributed by atoms with Gasteiger partial charge in [-0.2, -0.15) is 0 Å². The van der Waals surface area contributed by atoms with Crippen LogP contribution in [0, 0.1) is 13.8 Å². The smallest absolute Gasteiger partial charge is 0.325 e. The lowest BCUT2D eigenvalue weighted by atomic mass is 10.1. The number of anilines is 2. The van der Waals surface area contributed by atoms with Gasteiger partial charge in [-0.15, -0.1) is 0 Å². The van der Waals surface area contributed by atoms with Gasteiger partial charge >= 0.3 is 6.03 Å². The second-order valence-electron chi connectivity index (χ2n) is 7.71. The number of aryl methyl sites for hydroxylation is 2. The molecule has 156 valence electrons. The van der Waals surface area contributed by atoms with Crippen molar-refractivity contribution in [3.8, 4) is 5.88 Å². The predicted octanol–water partition coefficient (Wildman–Crippen LogP) is 3.63. The number of rotatable bonds is 3. The van der Waals surface area contributed by atoms with Crippen molar-refractivity contribution < 1.29 is 9.53 Å². The summed E-state index contributed by atoms with van der Waals surface area (Å²) in [5.74, 6) is 0.774. The quantitative estimate of drug-likeness (QED) is 0.666. The average molecular weight is 406 g/mol. The second-order valence-corrected chi connectivity index (χ2v) is 7.71. The number of methoxy groups -OCH3 is 1. The van der Waals surface area contributed by atoms with Crippen LogP contribution in [-0.2, 0) is 0 Å². The normalized spacial score (nSPS) is 14.1. The van der Waals surface area contributed by atoms with Crippen molar-refractivity contribution in [2.75, 3.05) is 50.1 Å². The Morgan fingerprint density at radius 3 is 2.17 bits per heavy atom. The van der Waals surface area contributed by atoms with Crippen LogP contribution in [0.3, 0.4) is 0 Å². The van der Waals surface area contributed by atoms with Crippen LogP contribution < -0.4 is 14.5 Å². The number of piperazine rings is 1. The minimum atomic E-state index is -0.0991. The maximum atomic E-state index is 13.2.